The van der Waals surface area contributed by atoms with Crippen LogP contribution in [0, 0.1) is 0 Å². The molecular formula is C58H45NS7. The standard InChI is InChI=1S/C58H45NS7/c1-2-3-4-5-6-7-32-59-47-35-37(12-16-39-18-26-52(62-39)54-30-28-50(64-54)48-10-8-33-60-48)14-20-41(47)43-22-25-46-44(57(43)59)23-24-45-42-21-15-38(36-56(42)66-58(45)46)13-17-40-19-27-53(63-40)55-31-29-51(65-55)49-11-9-34-61-49/h8-31,33-36H,2-7,32H2,1H3/b16-12+,17-13+. The summed E-state index contributed by atoms with van der Waals surface area (Å²) in [6.45, 7) is 3.33. The number of aryl methyl sites for hydroxylation is 1. The SMILES string of the molecule is CCCCCCCCn1c2cc(/C=C/c3ccc(-c4ccc(-c5cccs5)s4)s3)ccc2c2ccc3c(ccc4c5ccc(/C=C/c6ccc(-c7ccc(-c8cccs8)s7)s6)cc5sc43)c21. The predicted octanol–water partition coefficient (Wildman–Crippen LogP) is 21.1. The van der Waals surface area contributed by atoms with Gasteiger partial charge in [-0.1, -0.05) is 112 Å². The van der Waals surface area contributed by atoms with Crippen LogP contribution >= 0.6 is 79.4 Å². The molecule has 12 rings (SSSR count). The number of rotatable bonds is 15. The summed E-state index contributed by atoms with van der Waals surface area (Å²) in [6, 6.07) is 50.5. The third-order valence-electron chi connectivity index (χ3n) is 12.6. The van der Waals surface area contributed by atoms with Crippen LogP contribution in [0.1, 0.15) is 66.3 Å². The predicted molar refractivity (Wildman–Crippen MR) is 303 cm³/mol. The van der Waals surface area contributed by atoms with Crippen LogP contribution in [0.4, 0.5) is 0 Å². The lowest BCUT2D eigenvalue weighted by molar-refractivity contribution is 0.571. The second kappa shape index (κ2) is 18.5. The maximum Gasteiger partial charge on any atom is 0.0571 e. The summed E-state index contributed by atoms with van der Waals surface area (Å²) in [7, 11) is 0. The Hall–Kier alpha value is -5.16. The van der Waals surface area contributed by atoms with Gasteiger partial charge in [0, 0.05) is 103 Å². The minimum Gasteiger partial charge on any atom is -0.340 e. The molecule has 0 fully saturated rings. The first-order valence-electron chi connectivity index (χ1n) is 22.8. The highest BCUT2D eigenvalue weighted by molar-refractivity contribution is 7.27. The molecule has 0 aliphatic rings. The number of fused-ring (bicyclic) bond motifs is 9. The Labute approximate surface area is 413 Å². The number of aromatic nitrogens is 1. The van der Waals surface area contributed by atoms with Crippen LogP contribution in [0.2, 0.25) is 0 Å². The van der Waals surface area contributed by atoms with Gasteiger partial charge in [0.05, 0.1) is 5.52 Å². The molecule has 8 aromatic heterocycles. The number of thiophene rings is 7. The molecule has 1 nitrogen and oxygen atoms in total. The van der Waals surface area contributed by atoms with Crippen LogP contribution in [-0.4, -0.2) is 4.57 Å². The first-order valence-corrected chi connectivity index (χ1v) is 28.7. The molecule has 0 spiro atoms. The highest BCUT2D eigenvalue weighted by atomic mass is 32.1. The van der Waals surface area contributed by atoms with Gasteiger partial charge >= 0.3 is 0 Å². The lowest BCUT2D eigenvalue weighted by atomic mass is 10.0. The Morgan fingerprint density at radius 1 is 0.409 bits per heavy atom. The van der Waals surface area contributed by atoms with Gasteiger partial charge in [0.15, 0.2) is 0 Å². The van der Waals surface area contributed by atoms with E-state index < -0.39 is 0 Å². The van der Waals surface area contributed by atoms with Gasteiger partial charge in [-0.25, -0.2) is 0 Å². The van der Waals surface area contributed by atoms with Gasteiger partial charge < -0.3 is 4.57 Å². The molecule has 324 valence electrons. The smallest absolute Gasteiger partial charge is 0.0571 e. The van der Waals surface area contributed by atoms with E-state index in [0.717, 1.165) is 6.54 Å². The molecule has 66 heavy (non-hydrogen) atoms. The molecule has 0 aliphatic heterocycles. The van der Waals surface area contributed by atoms with Crippen molar-refractivity contribution in [1.29, 1.82) is 0 Å². The summed E-state index contributed by atoms with van der Waals surface area (Å²) < 4.78 is 5.38. The molecule has 8 heterocycles. The van der Waals surface area contributed by atoms with Crippen LogP contribution in [-0.2, 0) is 6.54 Å². The van der Waals surface area contributed by atoms with Crippen LogP contribution < -0.4 is 0 Å². The van der Waals surface area contributed by atoms with E-state index in [1.54, 1.807) is 11.3 Å². The van der Waals surface area contributed by atoms with E-state index in [1.165, 1.54) is 151 Å². The zero-order valence-electron chi connectivity index (χ0n) is 36.4. The van der Waals surface area contributed by atoms with Gasteiger partial charge in [-0.05, 0) is 113 Å². The normalized spacial score (nSPS) is 12.3. The fourth-order valence-electron chi connectivity index (χ4n) is 9.31. The van der Waals surface area contributed by atoms with Gasteiger partial charge in [-0.2, -0.15) is 0 Å². The van der Waals surface area contributed by atoms with Gasteiger partial charge in [0.1, 0.15) is 0 Å². The van der Waals surface area contributed by atoms with Crippen LogP contribution in [0.25, 0.3) is 116 Å². The molecule has 0 N–H and O–H groups in total. The Morgan fingerprint density at radius 2 is 0.909 bits per heavy atom. The minimum absolute atomic E-state index is 1.02. The quantitative estimate of drug-likeness (QED) is 0.0902. The Balaban J connectivity index is 0.854. The minimum atomic E-state index is 1.02. The summed E-state index contributed by atoms with van der Waals surface area (Å²) in [5, 5.41) is 12.4. The molecule has 0 saturated carbocycles. The maximum absolute atomic E-state index is 2.66. The Kier molecular flexibility index (Phi) is 11.8. The van der Waals surface area contributed by atoms with E-state index in [4.69, 9.17) is 0 Å². The van der Waals surface area contributed by atoms with Gasteiger partial charge in [0.2, 0.25) is 0 Å². The van der Waals surface area contributed by atoms with E-state index in [0.29, 0.717) is 0 Å². The molecule has 0 amide bonds. The summed E-state index contributed by atoms with van der Waals surface area (Å²) >= 11 is 13.1. The molecule has 0 unspecified atom stereocenters. The molecule has 12 aromatic rings. The Morgan fingerprint density at radius 3 is 1.53 bits per heavy atom. The largest absolute Gasteiger partial charge is 0.340 e. The van der Waals surface area contributed by atoms with Crippen LogP contribution in [0.5, 0.6) is 0 Å². The highest BCUT2D eigenvalue weighted by Crippen LogP contribution is 2.44. The number of nitrogens with zero attached hydrogens (tertiary/aromatic N) is 1. The van der Waals surface area contributed by atoms with Crippen molar-refractivity contribution < 1.29 is 0 Å². The summed E-state index contributed by atoms with van der Waals surface area (Å²) in [4.78, 5) is 13.2. The average Bonchev–Trinajstić information content (AvgIpc) is 4.20. The van der Waals surface area contributed by atoms with E-state index in [9.17, 15) is 0 Å². The summed E-state index contributed by atoms with van der Waals surface area (Å²) in [5.41, 5.74) is 5.19. The third-order valence-corrected chi connectivity index (χ3v) is 20.6. The highest BCUT2D eigenvalue weighted by Gasteiger charge is 2.18. The number of hydrogen-bond donors (Lipinski definition) is 0. The zero-order valence-corrected chi connectivity index (χ0v) is 42.1. The molecule has 0 radical (unpaired) electrons. The second-order valence-electron chi connectivity index (χ2n) is 16.9. The fraction of sp³-hybridized carbons (Fsp3) is 0.138. The van der Waals surface area contributed by atoms with E-state index >= 15 is 0 Å². The first kappa shape index (κ1) is 42.2. The van der Waals surface area contributed by atoms with Gasteiger partial charge in [-0.15, -0.1) is 79.4 Å². The molecular weight excluding hydrogens is 935 g/mol. The van der Waals surface area contributed by atoms with Crippen molar-refractivity contribution in [1.82, 2.24) is 4.57 Å². The van der Waals surface area contributed by atoms with Crippen molar-refractivity contribution in [2.45, 2.75) is 52.0 Å². The van der Waals surface area contributed by atoms with Crippen molar-refractivity contribution in [3.05, 3.63) is 165 Å². The second-order valence-corrected chi connectivity index (χ2v) is 24.3. The maximum atomic E-state index is 2.66. The zero-order chi connectivity index (χ0) is 44.0. The van der Waals surface area contributed by atoms with Crippen molar-refractivity contribution in [2.75, 3.05) is 0 Å². The molecule has 8 heteroatoms. The number of unbranched alkanes of at least 4 members (excludes halogenated alkanes) is 5. The van der Waals surface area contributed by atoms with Crippen molar-refractivity contribution >= 4 is 156 Å². The van der Waals surface area contributed by atoms with Crippen molar-refractivity contribution in [3.8, 4) is 39.0 Å². The molecule has 0 bridgehead atoms. The summed E-state index contributed by atoms with van der Waals surface area (Å²) in [6.07, 6.45) is 16.9. The van der Waals surface area contributed by atoms with Gasteiger partial charge in [-0.3, -0.25) is 0 Å². The number of hydrogen-bond acceptors (Lipinski definition) is 7. The summed E-state index contributed by atoms with van der Waals surface area (Å²) in [5.74, 6) is 0. The monoisotopic (exact) mass is 979 g/mol. The Bertz CT molecular complexity index is 3700. The van der Waals surface area contributed by atoms with E-state index in [1.807, 2.05) is 68.0 Å². The molecule has 0 atom stereocenters. The van der Waals surface area contributed by atoms with E-state index in [-0.39, 0.29) is 0 Å². The molecule has 4 aromatic carbocycles. The van der Waals surface area contributed by atoms with E-state index in [2.05, 4.69) is 180 Å². The van der Waals surface area contributed by atoms with Gasteiger partial charge in [0.25, 0.3) is 0 Å². The number of benzene rings is 4. The van der Waals surface area contributed by atoms with Crippen molar-refractivity contribution in [2.24, 2.45) is 0 Å². The van der Waals surface area contributed by atoms with Crippen molar-refractivity contribution in [3.63, 3.8) is 0 Å². The molecule has 0 aliphatic carbocycles. The fourth-order valence-corrected chi connectivity index (χ4v) is 16.3. The van der Waals surface area contributed by atoms with Crippen LogP contribution in [0.15, 0.2) is 144 Å². The topological polar surface area (TPSA) is 4.93 Å². The third kappa shape index (κ3) is 8.21. The average molecular weight is 980 g/mol. The van der Waals surface area contributed by atoms with Crippen LogP contribution in [0.3, 0.4) is 0 Å². The lowest BCUT2D eigenvalue weighted by Gasteiger charge is -2.10. The molecule has 0 saturated heterocycles. The first-order chi connectivity index (χ1) is 32.6. The lowest BCUT2D eigenvalue weighted by Crippen LogP contribution is -1.98.